The molecule has 0 saturated carbocycles. The number of likely N-dealkylation sites (N-methyl/N-ethyl adjacent to an activating group) is 1. The number of rotatable bonds is 6. The Bertz CT molecular complexity index is 963. The van der Waals surface area contributed by atoms with Crippen molar-refractivity contribution in [3.8, 4) is 0 Å². The van der Waals surface area contributed by atoms with Crippen molar-refractivity contribution in [1.82, 2.24) is 4.90 Å². The maximum absolute atomic E-state index is 12.9. The molecular formula is C25H32N4O3. The standard InChI is InChI=1S/C25H32N4O3/c1-3-28-11-13-29(14-12-28)21-9-10-22(18(2)16-21)27-24(30)19-6-4-7-20(17-19)26-25(31)23-8-5-15-32-23/h4,6-7,9-10,16-17,23H,3,5,8,11-15H2,1-2H3,(H,26,31)(H,27,30). The molecule has 170 valence electrons. The number of ether oxygens (including phenoxy) is 1. The lowest BCUT2D eigenvalue weighted by molar-refractivity contribution is -0.124. The van der Waals surface area contributed by atoms with E-state index in [0.717, 1.165) is 56.8 Å². The van der Waals surface area contributed by atoms with Gasteiger partial charge in [0.2, 0.25) is 0 Å². The fraction of sp³-hybridized carbons (Fsp3) is 0.440. The predicted molar refractivity (Wildman–Crippen MR) is 128 cm³/mol. The van der Waals surface area contributed by atoms with E-state index >= 15 is 0 Å². The molecule has 1 atom stereocenters. The lowest BCUT2D eigenvalue weighted by atomic mass is 10.1. The second kappa shape index (κ2) is 10.1. The van der Waals surface area contributed by atoms with Gasteiger partial charge in [-0.1, -0.05) is 13.0 Å². The van der Waals surface area contributed by atoms with Crippen LogP contribution in [0.1, 0.15) is 35.7 Å². The average Bonchev–Trinajstić information content (AvgIpc) is 3.36. The molecule has 2 heterocycles. The first-order valence-electron chi connectivity index (χ1n) is 11.5. The minimum absolute atomic E-state index is 0.161. The fourth-order valence-corrected chi connectivity index (χ4v) is 4.25. The lowest BCUT2D eigenvalue weighted by Gasteiger charge is -2.35. The van der Waals surface area contributed by atoms with E-state index in [0.29, 0.717) is 17.9 Å². The van der Waals surface area contributed by atoms with Gasteiger partial charge in [0.15, 0.2) is 0 Å². The molecule has 2 fully saturated rings. The van der Waals surface area contributed by atoms with E-state index in [1.807, 2.05) is 13.0 Å². The predicted octanol–water partition coefficient (Wildman–Crippen LogP) is 3.51. The minimum Gasteiger partial charge on any atom is -0.369 e. The molecular weight excluding hydrogens is 404 g/mol. The highest BCUT2D eigenvalue weighted by Gasteiger charge is 2.23. The van der Waals surface area contributed by atoms with Crippen LogP contribution < -0.4 is 15.5 Å². The zero-order chi connectivity index (χ0) is 22.5. The second-order valence-corrected chi connectivity index (χ2v) is 8.45. The molecule has 2 N–H and O–H groups in total. The Kier molecular flexibility index (Phi) is 7.07. The van der Waals surface area contributed by atoms with Gasteiger partial charge in [-0.3, -0.25) is 9.59 Å². The Hall–Kier alpha value is -2.90. The summed E-state index contributed by atoms with van der Waals surface area (Å²) >= 11 is 0. The van der Waals surface area contributed by atoms with Gasteiger partial charge in [-0.05, 0) is 68.3 Å². The summed E-state index contributed by atoms with van der Waals surface area (Å²) < 4.78 is 5.42. The number of anilines is 3. The van der Waals surface area contributed by atoms with Crippen molar-refractivity contribution in [1.29, 1.82) is 0 Å². The van der Waals surface area contributed by atoms with Gasteiger partial charge in [0, 0.05) is 55.4 Å². The highest BCUT2D eigenvalue weighted by molar-refractivity contribution is 6.06. The minimum atomic E-state index is -0.404. The molecule has 7 nitrogen and oxygen atoms in total. The summed E-state index contributed by atoms with van der Waals surface area (Å²) in [6.45, 7) is 10.1. The smallest absolute Gasteiger partial charge is 0.255 e. The van der Waals surface area contributed by atoms with Gasteiger partial charge in [0.25, 0.3) is 11.8 Å². The number of hydrogen-bond donors (Lipinski definition) is 2. The normalized spacial score (nSPS) is 19.1. The van der Waals surface area contributed by atoms with Crippen LogP contribution in [0.3, 0.4) is 0 Å². The van der Waals surface area contributed by atoms with Crippen LogP contribution in [-0.4, -0.2) is 62.1 Å². The summed E-state index contributed by atoms with van der Waals surface area (Å²) in [4.78, 5) is 30.0. The van der Waals surface area contributed by atoms with Crippen LogP contribution in [0.4, 0.5) is 17.1 Å². The van der Waals surface area contributed by atoms with E-state index in [2.05, 4.69) is 39.5 Å². The van der Waals surface area contributed by atoms with Gasteiger partial charge in [0.05, 0.1) is 0 Å². The third kappa shape index (κ3) is 5.29. The summed E-state index contributed by atoms with van der Waals surface area (Å²) in [6, 6.07) is 13.2. The molecule has 2 aliphatic rings. The first kappa shape index (κ1) is 22.3. The largest absolute Gasteiger partial charge is 0.369 e. The molecule has 0 aromatic heterocycles. The third-order valence-corrected chi connectivity index (χ3v) is 6.26. The number of carbonyl (C=O) groups is 2. The molecule has 2 saturated heterocycles. The molecule has 2 aliphatic heterocycles. The van der Waals surface area contributed by atoms with Crippen molar-refractivity contribution >= 4 is 28.9 Å². The number of benzene rings is 2. The molecule has 4 rings (SSSR count). The van der Waals surface area contributed by atoms with Gasteiger partial charge in [-0.15, -0.1) is 0 Å². The van der Waals surface area contributed by atoms with Crippen molar-refractivity contribution in [2.45, 2.75) is 32.8 Å². The molecule has 0 radical (unpaired) electrons. The van der Waals surface area contributed by atoms with Gasteiger partial charge < -0.3 is 25.2 Å². The van der Waals surface area contributed by atoms with Gasteiger partial charge >= 0.3 is 0 Å². The maximum atomic E-state index is 12.9. The number of hydrogen-bond acceptors (Lipinski definition) is 5. The number of amides is 2. The number of aryl methyl sites for hydroxylation is 1. The van der Waals surface area contributed by atoms with Crippen LogP contribution in [0.2, 0.25) is 0 Å². The quantitative estimate of drug-likeness (QED) is 0.725. The van der Waals surface area contributed by atoms with E-state index in [9.17, 15) is 9.59 Å². The van der Waals surface area contributed by atoms with Crippen LogP contribution in [-0.2, 0) is 9.53 Å². The van der Waals surface area contributed by atoms with Crippen molar-refractivity contribution in [3.63, 3.8) is 0 Å². The van der Waals surface area contributed by atoms with Gasteiger partial charge in [-0.2, -0.15) is 0 Å². The number of piperazine rings is 1. The number of nitrogens with one attached hydrogen (secondary N) is 2. The summed E-state index contributed by atoms with van der Waals surface area (Å²) in [5.74, 6) is -0.364. The van der Waals surface area contributed by atoms with Crippen LogP contribution in [0.15, 0.2) is 42.5 Å². The molecule has 7 heteroatoms. The molecule has 1 unspecified atom stereocenters. The summed E-state index contributed by atoms with van der Waals surface area (Å²) in [6.07, 6.45) is 1.22. The highest BCUT2D eigenvalue weighted by atomic mass is 16.5. The molecule has 32 heavy (non-hydrogen) atoms. The average molecular weight is 437 g/mol. The number of carbonyl (C=O) groups excluding carboxylic acids is 2. The molecule has 0 spiro atoms. The zero-order valence-electron chi connectivity index (χ0n) is 18.9. The molecule has 2 aromatic carbocycles. The first-order valence-corrected chi connectivity index (χ1v) is 11.5. The van der Waals surface area contributed by atoms with Crippen LogP contribution in [0.5, 0.6) is 0 Å². The van der Waals surface area contributed by atoms with E-state index in [-0.39, 0.29) is 11.8 Å². The molecule has 2 amide bonds. The van der Waals surface area contributed by atoms with Crippen LogP contribution >= 0.6 is 0 Å². The Labute approximate surface area is 189 Å². The first-order chi connectivity index (χ1) is 15.5. The lowest BCUT2D eigenvalue weighted by Crippen LogP contribution is -2.46. The Morgan fingerprint density at radius 1 is 1.06 bits per heavy atom. The second-order valence-electron chi connectivity index (χ2n) is 8.45. The van der Waals surface area contributed by atoms with E-state index in [4.69, 9.17) is 4.74 Å². The molecule has 0 bridgehead atoms. The SMILES string of the molecule is CCN1CCN(c2ccc(NC(=O)c3cccc(NC(=O)C4CCCO4)c3)c(C)c2)CC1. The van der Waals surface area contributed by atoms with Crippen LogP contribution in [0.25, 0.3) is 0 Å². The number of nitrogens with zero attached hydrogens (tertiary/aromatic N) is 2. The molecule has 0 aliphatic carbocycles. The fourth-order valence-electron chi connectivity index (χ4n) is 4.25. The van der Waals surface area contributed by atoms with Crippen LogP contribution in [0, 0.1) is 6.92 Å². The van der Waals surface area contributed by atoms with E-state index in [1.54, 1.807) is 24.3 Å². The van der Waals surface area contributed by atoms with Crippen molar-refractivity contribution < 1.29 is 14.3 Å². The molecule has 2 aromatic rings. The Morgan fingerprint density at radius 2 is 1.88 bits per heavy atom. The monoisotopic (exact) mass is 436 g/mol. The van der Waals surface area contributed by atoms with Gasteiger partial charge in [0.1, 0.15) is 6.10 Å². The third-order valence-electron chi connectivity index (χ3n) is 6.26. The maximum Gasteiger partial charge on any atom is 0.255 e. The Balaban J connectivity index is 1.39. The van der Waals surface area contributed by atoms with Crippen molar-refractivity contribution in [2.24, 2.45) is 0 Å². The zero-order valence-corrected chi connectivity index (χ0v) is 18.9. The topological polar surface area (TPSA) is 73.9 Å². The Morgan fingerprint density at radius 3 is 2.56 bits per heavy atom. The van der Waals surface area contributed by atoms with Crippen molar-refractivity contribution in [2.75, 3.05) is 54.9 Å². The summed E-state index contributed by atoms with van der Waals surface area (Å²) in [7, 11) is 0. The summed E-state index contributed by atoms with van der Waals surface area (Å²) in [5, 5.41) is 5.86. The highest BCUT2D eigenvalue weighted by Crippen LogP contribution is 2.25. The van der Waals surface area contributed by atoms with E-state index in [1.165, 1.54) is 5.69 Å². The van der Waals surface area contributed by atoms with E-state index < -0.39 is 6.10 Å². The summed E-state index contributed by atoms with van der Waals surface area (Å²) in [5.41, 5.74) is 4.09. The van der Waals surface area contributed by atoms with Gasteiger partial charge in [-0.25, -0.2) is 0 Å². The van der Waals surface area contributed by atoms with Crippen molar-refractivity contribution in [3.05, 3.63) is 53.6 Å².